The third kappa shape index (κ3) is 3.15. The van der Waals surface area contributed by atoms with Gasteiger partial charge in [-0.05, 0) is 13.8 Å². The summed E-state index contributed by atoms with van der Waals surface area (Å²) < 4.78 is 0. The van der Waals surface area contributed by atoms with Crippen LogP contribution in [0.4, 0.5) is 10.7 Å². The van der Waals surface area contributed by atoms with E-state index in [2.05, 4.69) is 0 Å². The van der Waals surface area contributed by atoms with E-state index in [0.29, 0.717) is 23.0 Å². The maximum atomic E-state index is 10.9. The van der Waals surface area contributed by atoms with Gasteiger partial charge in [0.2, 0.25) is 0 Å². The fourth-order valence-electron chi connectivity index (χ4n) is 1.48. The van der Waals surface area contributed by atoms with E-state index in [4.69, 9.17) is 5.11 Å². The molecule has 1 atom stereocenters. The Morgan fingerprint density at radius 2 is 2.29 bits per heavy atom. The van der Waals surface area contributed by atoms with Crippen LogP contribution < -0.4 is 4.90 Å². The van der Waals surface area contributed by atoms with Crippen molar-refractivity contribution in [1.29, 1.82) is 0 Å². The Morgan fingerprint density at radius 3 is 2.71 bits per heavy atom. The molecule has 0 fully saturated rings. The van der Waals surface area contributed by atoms with Crippen LogP contribution in [-0.4, -0.2) is 34.8 Å². The van der Waals surface area contributed by atoms with Crippen LogP contribution >= 0.6 is 11.3 Å². The molecule has 0 saturated heterocycles. The molecular weight excluding hydrogens is 244 g/mol. The Hall–Kier alpha value is -1.18. The van der Waals surface area contributed by atoms with E-state index >= 15 is 0 Å². The van der Waals surface area contributed by atoms with E-state index in [-0.39, 0.29) is 12.3 Å². The number of nitro groups is 1. The summed E-state index contributed by atoms with van der Waals surface area (Å²) in [4.78, 5) is 12.8. The number of rotatable bonds is 6. The van der Waals surface area contributed by atoms with Gasteiger partial charge in [0.1, 0.15) is 0 Å². The zero-order valence-electron chi connectivity index (χ0n) is 9.79. The third-order valence-electron chi connectivity index (χ3n) is 2.36. The van der Waals surface area contributed by atoms with Crippen molar-refractivity contribution in [3.63, 3.8) is 0 Å². The van der Waals surface area contributed by atoms with E-state index in [1.54, 1.807) is 11.8 Å². The SMILES string of the molecule is CCN(CCO)c1sc([C@@H](C)O)cc1[N+](=O)[O-]. The molecule has 1 heterocycles. The van der Waals surface area contributed by atoms with Crippen molar-refractivity contribution in [2.75, 3.05) is 24.6 Å². The summed E-state index contributed by atoms with van der Waals surface area (Å²) in [6, 6.07) is 1.39. The predicted octanol–water partition coefficient (Wildman–Crippen LogP) is 1.53. The zero-order valence-corrected chi connectivity index (χ0v) is 10.6. The highest BCUT2D eigenvalue weighted by atomic mass is 32.1. The van der Waals surface area contributed by atoms with E-state index in [0.717, 1.165) is 0 Å². The Kier molecular flexibility index (Phi) is 4.86. The Balaban J connectivity index is 3.14. The van der Waals surface area contributed by atoms with Gasteiger partial charge in [0, 0.05) is 24.0 Å². The van der Waals surface area contributed by atoms with Crippen molar-refractivity contribution < 1.29 is 15.1 Å². The molecule has 0 aliphatic rings. The second-order valence-electron chi connectivity index (χ2n) is 3.58. The Bertz CT molecular complexity index is 392. The highest BCUT2D eigenvalue weighted by Crippen LogP contribution is 2.39. The molecule has 0 bridgehead atoms. The maximum Gasteiger partial charge on any atom is 0.304 e. The number of hydrogen-bond acceptors (Lipinski definition) is 6. The minimum absolute atomic E-state index is 0.0128. The Morgan fingerprint density at radius 1 is 1.65 bits per heavy atom. The average Bonchev–Trinajstić information content (AvgIpc) is 2.70. The number of likely N-dealkylation sites (N-methyl/N-ethyl adjacent to an activating group) is 1. The van der Waals surface area contributed by atoms with Crippen LogP contribution in [0.3, 0.4) is 0 Å². The van der Waals surface area contributed by atoms with Gasteiger partial charge >= 0.3 is 5.69 Å². The molecule has 2 N–H and O–H groups in total. The van der Waals surface area contributed by atoms with Crippen LogP contribution in [0, 0.1) is 10.1 Å². The first-order valence-electron chi connectivity index (χ1n) is 5.33. The summed E-state index contributed by atoms with van der Waals surface area (Å²) >= 11 is 1.19. The largest absolute Gasteiger partial charge is 0.395 e. The van der Waals surface area contributed by atoms with Crippen molar-refractivity contribution in [1.82, 2.24) is 0 Å². The van der Waals surface area contributed by atoms with Gasteiger partial charge in [-0.2, -0.15) is 0 Å². The summed E-state index contributed by atoms with van der Waals surface area (Å²) in [5.41, 5.74) is -0.0128. The number of nitrogens with zero attached hydrogens (tertiary/aromatic N) is 2. The lowest BCUT2D eigenvalue weighted by molar-refractivity contribution is -0.383. The molecule has 96 valence electrons. The Labute approximate surface area is 103 Å². The second kappa shape index (κ2) is 5.95. The predicted molar refractivity (Wildman–Crippen MR) is 66.6 cm³/mol. The van der Waals surface area contributed by atoms with E-state index in [1.807, 2.05) is 6.92 Å². The molecule has 6 nitrogen and oxygen atoms in total. The summed E-state index contributed by atoms with van der Waals surface area (Å²) in [5, 5.41) is 29.8. The van der Waals surface area contributed by atoms with E-state index < -0.39 is 11.0 Å². The lowest BCUT2D eigenvalue weighted by Gasteiger charge is -2.18. The molecule has 1 aromatic heterocycles. The van der Waals surface area contributed by atoms with Crippen LogP contribution in [0.5, 0.6) is 0 Å². The van der Waals surface area contributed by atoms with Crippen LogP contribution in [0.2, 0.25) is 0 Å². The van der Waals surface area contributed by atoms with E-state index in [9.17, 15) is 15.2 Å². The lowest BCUT2D eigenvalue weighted by atomic mass is 10.3. The van der Waals surface area contributed by atoms with Crippen molar-refractivity contribution in [3.8, 4) is 0 Å². The molecule has 0 aliphatic carbocycles. The van der Waals surface area contributed by atoms with Crippen LogP contribution in [0.1, 0.15) is 24.8 Å². The number of aliphatic hydroxyl groups is 2. The van der Waals surface area contributed by atoms with Crippen molar-refractivity contribution in [2.45, 2.75) is 20.0 Å². The molecule has 1 rings (SSSR count). The molecule has 1 aromatic rings. The quantitative estimate of drug-likeness (QED) is 0.598. The minimum atomic E-state index is -0.722. The number of hydrogen-bond donors (Lipinski definition) is 2. The first kappa shape index (κ1) is 13.9. The molecular formula is C10H16N2O4S. The summed E-state index contributed by atoms with van der Waals surface area (Å²) in [5.74, 6) is 0. The van der Waals surface area contributed by atoms with Crippen LogP contribution in [-0.2, 0) is 0 Å². The van der Waals surface area contributed by atoms with Crippen molar-refractivity contribution in [2.24, 2.45) is 0 Å². The van der Waals surface area contributed by atoms with Gasteiger partial charge in [0.15, 0.2) is 5.00 Å². The molecule has 0 unspecified atom stereocenters. The highest BCUT2D eigenvalue weighted by Gasteiger charge is 2.24. The zero-order chi connectivity index (χ0) is 13.0. The second-order valence-corrected chi connectivity index (χ2v) is 4.64. The van der Waals surface area contributed by atoms with Gasteiger partial charge in [0.25, 0.3) is 0 Å². The van der Waals surface area contributed by atoms with Crippen LogP contribution in [0.15, 0.2) is 6.07 Å². The maximum absolute atomic E-state index is 10.9. The fraction of sp³-hybridized carbons (Fsp3) is 0.600. The van der Waals surface area contributed by atoms with Crippen molar-refractivity contribution in [3.05, 3.63) is 21.1 Å². The van der Waals surface area contributed by atoms with Gasteiger partial charge in [0.05, 0.1) is 17.6 Å². The minimum Gasteiger partial charge on any atom is -0.395 e. The van der Waals surface area contributed by atoms with Gasteiger partial charge in [-0.15, -0.1) is 11.3 Å². The smallest absolute Gasteiger partial charge is 0.304 e. The number of aliphatic hydroxyl groups excluding tert-OH is 2. The van der Waals surface area contributed by atoms with Crippen molar-refractivity contribution >= 4 is 22.0 Å². The average molecular weight is 260 g/mol. The topological polar surface area (TPSA) is 86.8 Å². The molecule has 0 aromatic carbocycles. The summed E-state index contributed by atoms with van der Waals surface area (Å²) in [7, 11) is 0. The molecule has 17 heavy (non-hydrogen) atoms. The lowest BCUT2D eigenvalue weighted by Crippen LogP contribution is -2.25. The monoisotopic (exact) mass is 260 g/mol. The van der Waals surface area contributed by atoms with Gasteiger partial charge in [-0.25, -0.2) is 0 Å². The normalized spacial score (nSPS) is 12.5. The summed E-state index contributed by atoms with van der Waals surface area (Å²) in [6.45, 7) is 4.29. The third-order valence-corrected chi connectivity index (χ3v) is 3.72. The van der Waals surface area contributed by atoms with E-state index in [1.165, 1.54) is 17.4 Å². The van der Waals surface area contributed by atoms with Gasteiger partial charge in [-0.3, -0.25) is 10.1 Å². The number of thiophene rings is 1. The summed E-state index contributed by atoms with van der Waals surface area (Å²) in [6.07, 6.45) is -0.722. The first-order chi connectivity index (χ1) is 8.01. The molecule has 7 heteroatoms. The standard InChI is InChI=1S/C10H16N2O4S/c1-3-11(4-5-13)10-8(12(15)16)6-9(17-10)7(2)14/h6-7,13-14H,3-5H2,1-2H3/t7-/m1/s1. The van der Waals surface area contributed by atoms with Crippen LogP contribution in [0.25, 0.3) is 0 Å². The first-order valence-corrected chi connectivity index (χ1v) is 6.14. The molecule has 0 radical (unpaired) electrons. The number of anilines is 1. The van der Waals surface area contributed by atoms with Gasteiger partial charge < -0.3 is 15.1 Å². The molecule has 0 aliphatic heterocycles. The molecule has 0 saturated carbocycles. The molecule has 0 amide bonds. The fourth-order valence-corrected chi connectivity index (χ4v) is 2.63. The van der Waals surface area contributed by atoms with Gasteiger partial charge in [-0.1, -0.05) is 0 Å². The molecule has 0 spiro atoms. The highest BCUT2D eigenvalue weighted by molar-refractivity contribution is 7.16.